The first kappa shape index (κ1) is 11.5. The van der Waals surface area contributed by atoms with Crippen molar-refractivity contribution in [2.24, 2.45) is 0 Å². The fourth-order valence-corrected chi connectivity index (χ4v) is 1.18. The van der Waals surface area contributed by atoms with E-state index in [0.717, 1.165) is 31.9 Å². The summed E-state index contributed by atoms with van der Waals surface area (Å²) in [6, 6.07) is 7.39. The Hall–Kier alpha value is -1.60. The maximum Gasteiger partial charge on any atom is 0.142 e. The summed E-state index contributed by atoms with van der Waals surface area (Å²) >= 11 is 0. The molecule has 15 heavy (non-hydrogen) atoms. The molecular formula is C11H16N4. The summed E-state index contributed by atoms with van der Waals surface area (Å²) < 4.78 is 0. The molecule has 0 unspecified atom stereocenters. The topological polar surface area (TPSA) is 60.7 Å². The van der Waals surface area contributed by atoms with Gasteiger partial charge >= 0.3 is 0 Å². The zero-order chi connectivity index (χ0) is 10.9. The van der Waals surface area contributed by atoms with Crippen molar-refractivity contribution >= 4 is 5.82 Å². The van der Waals surface area contributed by atoms with Gasteiger partial charge in [0.1, 0.15) is 17.6 Å². The number of aromatic nitrogens is 1. The van der Waals surface area contributed by atoms with E-state index in [1.165, 1.54) is 0 Å². The van der Waals surface area contributed by atoms with E-state index in [2.05, 4.69) is 22.5 Å². The predicted molar refractivity (Wildman–Crippen MR) is 60.6 cm³/mol. The highest BCUT2D eigenvalue weighted by molar-refractivity contribution is 5.38. The molecule has 1 rings (SSSR count). The van der Waals surface area contributed by atoms with Crippen LogP contribution < -0.4 is 10.6 Å². The summed E-state index contributed by atoms with van der Waals surface area (Å²) in [4.78, 5) is 4.11. The molecule has 4 heteroatoms. The van der Waals surface area contributed by atoms with Gasteiger partial charge in [-0.1, -0.05) is 13.0 Å². The van der Waals surface area contributed by atoms with E-state index in [-0.39, 0.29) is 0 Å². The summed E-state index contributed by atoms with van der Waals surface area (Å²) in [5.41, 5.74) is 0.446. The van der Waals surface area contributed by atoms with E-state index < -0.39 is 0 Å². The third-order valence-corrected chi connectivity index (χ3v) is 1.90. The number of hydrogen-bond acceptors (Lipinski definition) is 4. The summed E-state index contributed by atoms with van der Waals surface area (Å²) in [5.74, 6) is 0.757. The molecule has 0 amide bonds. The molecule has 0 aliphatic heterocycles. The lowest BCUT2D eigenvalue weighted by Crippen LogP contribution is -2.23. The van der Waals surface area contributed by atoms with Crippen LogP contribution >= 0.6 is 0 Å². The lowest BCUT2D eigenvalue weighted by atomic mass is 10.3. The maximum atomic E-state index is 8.65. The Morgan fingerprint density at radius 2 is 2.20 bits per heavy atom. The van der Waals surface area contributed by atoms with Gasteiger partial charge in [-0.15, -0.1) is 0 Å². The Morgan fingerprint density at radius 3 is 2.93 bits per heavy atom. The summed E-state index contributed by atoms with van der Waals surface area (Å²) in [6.07, 6.45) is 1.14. The van der Waals surface area contributed by atoms with E-state index in [1.54, 1.807) is 6.07 Å². The maximum absolute atomic E-state index is 8.65. The van der Waals surface area contributed by atoms with Gasteiger partial charge in [-0.25, -0.2) is 4.98 Å². The van der Waals surface area contributed by atoms with Gasteiger partial charge in [-0.2, -0.15) is 5.26 Å². The molecule has 0 aliphatic rings. The fourth-order valence-electron chi connectivity index (χ4n) is 1.18. The minimum atomic E-state index is 0.446. The van der Waals surface area contributed by atoms with Gasteiger partial charge in [0.2, 0.25) is 0 Å². The average Bonchev–Trinajstić information content (AvgIpc) is 2.29. The molecule has 1 aromatic rings. The van der Waals surface area contributed by atoms with Gasteiger partial charge in [0, 0.05) is 13.1 Å². The van der Waals surface area contributed by atoms with E-state index >= 15 is 0 Å². The summed E-state index contributed by atoms with van der Waals surface area (Å²) in [6.45, 7) is 4.90. The van der Waals surface area contributed by atoms with Crippen LogP contribution in [0, 0.1) is 11.3 Å². The van der Waals surface area contributed by atoms with Crippen LogP contribution in [0.15, 0.2) is 18.2 Å². The highest BCUT2D eigenvalue weighted by atomic mass is 15.0. The number of nitrogens with one attached hydrogen (secondary N) is 2. The zero-order valence-corrected chi connectivity index (χ0v) is 8.95. The lowest BCUT2D eigenvalue weighted by Gasteiger charge is -2.06. The van der Waals surface area contributed by atoms with E-state index in [1.807, 2.05) is 18.2 Å². The summed E-state index contributed by atoms with van der Waals surface area (Å²) in [7, 11) is 0. The van der Waals surface area contributed by atoms with Crippen molar-refractivity contribution in [3.63, 3.8) is 0 Å². The number of pyridine rings is 1. The Bertz CT molecular complexity index is 330. The van der Waals surface area contributed by atoms with Gasteiger partial charge in [0.15, 0.2) is 0 Å². The van der Waals surface area contributed by atoms with Crippen LogP contribution in [0.25, 0.3) is 0 Å². The van der Waals surface area contributed by atoms with Gasteiger partial charge in [0.25, 0.3) is 0 Å². The Kier molecular flexibility index (Phi) is 5.20. The number of anilines is 1. The second-order valence-corrected chi connectivity index (χ2v) is 3.20. The van der Waals surface area contributed by atoms with Crippen molar-refractivity contribution in [1.29, 1.82) is 5.26 Å². The van der Waals surface area contributed by atoms with Crippen LogP contribution in [-0.2, 0) is 0 Å². The zero-order valence-electron chi connectivity index (χ0n) is 8.95. The first-order chi connectivity index (χ1) is 7.36. The van der Waals surface area contributed by atoms with E-state index in [9.17, 15) is 0 Å². The van der Waals surface area contributed by atoms with Crippen LogP contribution in [0.1, 0.15) is 19.0 Å². The molecule has 0 saturated carbocycles. The van der Waals surface area contributed by atoms with Gasteiger partial charge in [0.05, 0.1) is 0 Å². The molecule has 2 N–H and O–H groups in total. The lowest BCUT2D eigenvalue weighted by molar-refractivity contribution is 0.687. The minimum absolute atomic E-state index is 0.446. The third kappa shape index (κ3) is 4.43. The quantitative estimate of drug-likeness (QED) is 0.687. The fraction of sp³-hybridized carbons (Fsp3) is 0.455. The highest BCUT2D eigenvalue weighted by Gasteiger charge is 1.94. The molecule has 1 aromatic heterocycles. The third-order valence-electron chi connectivity index (χ3n) is 1.90. The van der Waals surface area contributed by atoms with E-state index in [4.69, 9.17) is 5.26 Å². The van der Waals surface area contributed by atoms with Crippen LogP contribution in [0.4, 0.5) is 5.82 Å². The molecule has 0 fully saturated rings. The normalized spacial score (nSPS) is 9.60. The molecule has 0 aliphatic carbocycles. The van der Waals surface area contributed by atoms with Crippen LogP contribution in [0.5, 0.6) is 0 Å². The molecule has 0 spiro atoms. The van der Waals surface area contributed by atoms with Crippen LogP contribution in [0.2, 0.25) is 0 Å². The second-order valence-electron chi connectivity index (χ2n) is 3.20. The van der Waals surface area contributed by atoms with Crippen LogP contribution in [0.3, 0.4) is 0 Å². The van der Waals surface area contributed by atoms with Crippen molar-refractivity contribution in [1.82, 2.24) is 10.3 Å². The standard InChI is InChI=1S/C11H16N4/c1-2-6-13-7-8-14-11-5-3-4-10(9-12)15-11/h3-5,13H,2,6-8H2,1H3,(H,14,15). The van der Waals surface area contributed by atoms with Crippen molar-refractivity contribution in [3.05, 3.63) is 23.9 Å². The Morgan fingerprint density at radius 1 is 1.33 bits per heavy atom. The van der Waals surface area contributed by atoms with Gasteiger partial charge < -0.3 is 10.6 Å². The number of hydrogen-bond donors (Lipinski definition) is 2. The van der Waals surface area contributed by atoms with Crippen LogP contribution in [-0.4, -0.2) is 24.6 Å². The van der Waals surface area contributed by atoms with Crippen molar-refractivity contribution in [2.45, 2.75) is 13.3 Å². The smallest absolute Gasteiger partial charge is 0.142 e. The highest BCUT2D eigenvalue weighted by Crippen LogP contribution is 2.02. The first-order valence-electron chi connectivity index (χ1n) is 5.18. The largest absolute Gasteiger partial charge is 0.369 e. The number of nitriles is 1. The molecule has 80 valence electrons. The molecule has 0 radical (unpaired) electrons. The first-order valence-corrected chi connectivity index (χ1v) is 5.18. The predicted octanol–water partition coefficient (Wildman–Crippen LogP) is 1.36. The second kappa shape index (κ2) is 6.80. The monoisotopic (exact) mass is 204 g/mol. The molecular weight excluding hydrogens is 188 g/mol. The number of rotatable bonds is 6. The molecule has 0 saturated heterocycles. The molecule has 0 aromatic carbocycles. The molecule has 0 atom stereocenters. The van der Waals surface area contributed by atoms with Gasteiger partial charge in [-0.05, 0) is 25.1 Å². The van der Waals surface area contributed by atoms with Crippen molar-refractivity contribution < 1.29 is 0 Å². The minimum Gasteiger partial charge on any atom is -0.369 e. The average molecular weight is 204 g/mol. The molecule has 4 nitrogen and oxygen atoms in total. The Balaban J connectivity index is 2.28. The summed E-state index contributed by atoms with van der Waals surface area (Å²) in [5, 5.41) is 15.1. The van der Waals surface area contributed by atoms with Crippen molar-refractivity contribution in [2.75, 3.05) is 25.0 Å². The molecule has 0 bridgehead atoms. The SMILES string of the molecule is CCCNCCNc1cccc(C#N)n1. The van der Waals surface area contributed by atoms with Crippen molar-refractivity contribution in [3.8, 4) is 6.07 Å². The van der Waals surface area contributed by atoms with E-state index in [0.29, 0.717) is 5.69 Å². The van der Waals surface area contributed by atoms with Gasteiger partial charge in [-0.3, -0.25) is 0 Å². The molecule has 1 heterocycles. The Labute approximate surface area is 90.3 Å². The number of nitrogens with zero attached hydrogens (tertiary/aromatic N) is 2.